The molecule has 6 heteroatoms. The van der Waals surface area contributed by atoms with E-state index in [-0.39, 0.29) is 24.2 Å². The van der Waals surface area contributed by atoms with Crippen LogP contribution in [0.5, 0.6) is 0 Å². The molecule has 0 saturated carbocycles. The van der Waals surface area contributed by atoms with Gasteiger partial charge < -0.3 is 0 Å². The zero-order valence-electron chi connectivity index (χ0n) is 14.4. The maximum Gasteiger partial charge on any atom is 0.262 e. The fourth-order valence-electron chi connectivity index (χ4n) is 2.77. The predicted molar refractivity (Wildman–Crippen MR) is 88.5 cm³/mol. The van der Waals surface area contributed by atoms with Gasteiger partial charge in [0.1, 0.15) is 6.04 Å². The van der Waals surface area contributed by atoms with Crippen LogP contribution in [0.3, 0.4) is 0 Å². The molecular formula is C18H22N2O4. The number of nitrogens with zero attached hydrogens (tertiary/aromatic N) is 1. The van der Waals surface area contributed by atoms with E-state index in [1.54, 1.807) is 12.2 Å². The van der Waals surface area contributed by atoms with Gasteiger partial charge in [0, 0.05) is 11.8 Å². The van der Waals surface area contributed by atoms with Crippen LogP contribution < -0.4 is 5.32 Å². The van der Waals surface area contributed by atoms with Crippen molar-refractivity contribution < 1.29 is 19.2 Å². The highest BCUT2D eigenvalue weighted by Gasteiger charge is 2.45. The lowest BCUT2D eigenvalue weighted by Crippen LogP contribution is -2.54. The Labute approximate surface area is 141 Å². The maximum atomic E-state index is 12.5. The number of imide groups is 2. The monoisotopic (exact) mass is 330 g/mol. The Balaban J connectivity index is 0.00000100. The average Bonchev–Trinajstić information content (AvgIpc) is 2.66. The van der Waals surface area contributed by atoms with Crippen molar-refractivity contribution in [2.75, 3.05) is 0 Å². The van der Waals surface area contributed by atoms with Gasteiger partial charge in [-0.05, 0) is 6.42 Å². The summed E-state index contributed by atoms with van der Waals surface area (Å²) in [6.07, 6.45) is 7.28. The van der Waals surface area contributed by atoms with E-state index in [1.807, 2.05) is 39.8 Å². The molecule has 128 valence electrons. The second kappa shape index (κ2) is 6.55. The number of hydrogen-bond acceptors (Lipinski definition) is 4. The Hall–Kier alpha value is -2.50. The second-order valence-electron chi connectivity index (χ2n) is 6.26. The van der Waals surface area contributed by atoms with Crippen molar-refractivity contribution >= 4 is 23.6 Å². The molecule has 24 heavy (non-hydrogen) atoms. The number of amides is 4. The number of rotatable bonds is 1. The van der Waals surface area contributed by atoms with Crippen LogP contribution in [0, 0.1) is 5.41 Å². The maximum absolute atomic E-state index is 12.5. The molecule has 0 spiro atoms. The first-order valence-electron chi connectivity index (χ1n) is 8.14. The zero-order valence-corrected chi connectivity index (χ0v) is 14.4. The first-order chi connectivity index (χ1) is 11.3. The quantitative estimate of drug-likeness (QED) is 0.741. The molecule has 1 fully saturated rings. The first-order valence-corrected chi connectivity index (χ1v) is 8.14. The third-order valence-corrected chi connectivity index (χ3v) is 4.07. The average molecular weight is 330 g/mol. The minimum absolute atomic E-state index is 0.122. The number of carbonyl (C=O) groups is 4. The topological polar surface area (TPSA) is 83.6 Å². The Morgan fingerprint density at radius 3 is 1.96 bits per heavy atom. The van der Waals surface area contributed by atoms with Crippen LogP contribution in [0.15, 0.2) is 35.5 Å². The molecule has 0 aromatic rings. The molecule has 2 heterocycles. The fourth-order valence-corrected chi connectivity index (χ4v) is 2.77. The minimum Gasteiger partial charge on any atom is -0.295 e. The van der Waals surface area contributed by atoms with Crippen molar-refractivity contribution in [2.24, 2.45) is 5.41 Å². The van der Waals surface area contributed by atoms with Gasteiger partial charge in [-0.2, -0.15) is 0 Å². The van der Waals surface area contributed by atoms with Crippen molar-refractivity contribution in [1.29, 1.82) is 0 Å². The van der Waals surface area contributed by atoms with E-state index < -0.39 is 23.8 Å². The third kappa shape index (κ3) is 3.09. The minimum atomic E-state index is -0.917. The zero-order chi connectivity index (χ0) is 18.1. The first kappa shape index (κ1) is 17.8. The smallest absolute Gasteiger partial charge is 0.262 e. The Bertz CT molecular complexity index is 660. The molecule has 4 amide bonds. The second-order valence-corrected chi connectivity index (χ2v) is 6.26. The summed E-state index contributed by atoms with van der Waals surface area (Å²) in [5.41, 5.74) is 0.359. The molecule has 3 aliphatic rings. The molecule has 1 aliphatic carbocycles. The van der Waals surface area contributed by atoms with Gasteiger partial charge in [-0.15, -0.1) is 0 Å². The number of piperidine rings is 1. The molecule has 6 nitrogen and oxygen atoms in total. The van der Waals surface area contributed by atoms with Gasteiger partial charge in [0.25, 0.3) is 11.8 Å². The van der Waals surface area contributed by atoms with Crippen LogP contribution in [0.2, 0.25) is 0 Å². The van der Waals surface area contributed by atoms with E-state index in [4.69, 9.17) is 0 Å². The molecule has 0 aromatic heterocycles. The molecule has 2 aliphatic heterocycles. The van der Waals surface area contributed by atoms with Crippen LogP contribution >= 0.6 is 0 Å². The van der Waals surface area contributed by atoms with E-state index in [9.17, 15) is 19.2 Å². The number of hydrogen-bond donors (Lipinski definition) is 1. The summed E-state index contributed by atoms with van der Waals surface area (Å²) in [4.78, 5) is 49.2. The SMILES string of the molecule is CC.CC1(C)C=CC2=C(C=C1)C(=O)N(C1CCC(=O)NC1=O)C2=O. The van der Waals surface area contributed by atoms with Crippen LogP contribution in [0.25, 0.3) is 0 Å². The van der Waals surface area contributed by atoms with Gasteiger partial charge in [-0.1, -0.05) is 52.0 Å². The molecule has 1 saturated heterocycles. The van der Waals surface area contributed by atoms with E-state index >= 15 is 0 Å². The summed E-state index contributed by atoms with van der Waals surface area (Å²) in [6.45, 7) is 7.93. The van der Waals surface area contributed by atoms with E-state index in [0.717, 1.165) is 4.90 Å². The van der Waals surface area contributed by atoms with E-state index in [2.05, 4.69) is 5.32 Å². The number of allylic oxidation sites excluding steroid dienone is 2. The Morgan fingerprint density at radius 2 is 1.50 bits per heavy atom. The largest absolute Gasteiger partial charge is 0.295 e. The Morgan fingerprint density at radius 1 is 1.00 bits per heavy atom. The van der Waals surface area contributed by atoms with E-state index in [0.29, 0.717) is 11.1 Å². The highest BCUT2D eigenvalue weighted by atomic mass is 16.2. The highest BCUT2D eigenvalue weighted by Crippen LogP contribution is 2.32. The summed E-state index contributed by atoms with van der Waals surface area (Å²) in [5, 5.41) is 2.18. The fraction of sp³-hybridized carbons (Fsp3) is 0.444. The van der Waals surface area contributed by atoms with Gasteiger partial charge in [0.05, 0.1) is 11.1 Å². The summed E-state index contributed by atoms with van der Waals surface area (Å²) in [5.74, 6) is -1.93. The molecule has 3 rings (SSSR count). The van der Waals surface area contributed by atoms with Gasteiger partial charge in [0.15, 0.2) is 0 Å². The highest BCUT2D eigenvalue weighted by molar-refractivity contribution is 6.24. The van der Waals surface area contributed by atoms with Gasteiger partial charge in [-0.25, -0.2) is 0 Å². The standard InChI is InChI=1S/C16H16N2O4.C2H6/c1-16(2)7-5-9-10(6-8-16)15(22)18(14(9)21)11-3-4-12(19)17-13(11)20;1-2/h5-8,11H,3-4H2,1-2H3,(H,17,19,20);1-2H3. The summed E-state index contributed by atoms with van der Waals surface area (Å²) < 4.78 is 0. The molecule has 0 bridgehead atoms. The van der Waals surface area contributed by atoms with Crippen molar-refractivity contribution in [1.82, 2.24) is 10.2 Å². The van der Waals surface area contributed by atoms with Crippen molar-refractivity contribution in [3.63, 3.8) is 0 Å². The summed E-state index contributed by atoms with van der Waals surface area (Å²) in [6, 6.07) is -0.917. The van der Waals surface area contributed by atoms with Crippen LogP contribution in [-0.4, -0.2) is 34.6 Å². The van der Waals surface area contributed by atoms with Gasteiger partial charge in [-0.3, -0.25) is 29.4 Å². The van der Waals surface area contributed by atoms with Crippen LogP contribution in [0.1, 0.15) is 40.5 Å². The van der Waals surface area contributed by atoms with Gasteiger partial charge >= 0.3 is 0 Å². The molecule has 1 N–H and O–H groups in total. The van der Waals surface area contributed by atoms with Crippen molar-refractivity contribution in [3.05, 3.63) is 35.5 Å². The number of nitrogens with one attached hydrogen (secondary N) is 1. The number of carbonyl (C=O) groups excluding carboxylic acids is 4. The lowest BCUT2D eigenvalue weighted by Gasteiger charge is -2.28. The Kier molecular flexibility index (Phi) is 4.87. The molecule has 1 unspecified atom stereocenters. The van der Waals surface area contributed by atoms with Crippen LogP contribution in [-0.2, 0) is 19.2 Å². The molecular weight excluding hydrogens is 308 g/mol. The van der Waals surface area contributed by atoms with Crippen LogP contribution in [0.4, 0.5) is 0 Å². The van der Waals surface area contributed by atoms with Crippen molar-refractivity contribution in [3.8, 4) is 0 Å². The molecule has 1 atom stereocenters. The third-order valence-electron chi connectivity index (χ3n) is 4.07. The lowest BCUT2D eigenvalue weighted by atomic mass is 9.93. The summed E-state index contributed by atoms with van der Waals surface area (Å²) in [7, 11) is 0. The predicted octanol–water partition coefficient (Wildman–Crippen LogP) is 1.64. The molecule has 0 radical (unpaired) electrons. The lowest BCUT2D eigenvalue weighted by molar-refractivity contribution is -0.149. The normalized spacial score (nSPS) is 25.2. The molecule has 0 aromatic carbocycles. The van der Waals surface area contributed by atoms with Crippen molar-refractivity contribution in [2.45, 2.75) is 46.6 Å². The van der Waals surface area contributed by atoms with E-state index in [1.165, 1.54) is 0 Å². The summed E-state index contributed by atoms with van der Waals surface area (Å²) >= 11 is 0. The van der Waals surface area contributed by atoms with Gasteiger partial charge in [0.2, 0.25) is 11.8 Å².